The summed E-state index contributed by atoms with van der Waals surface area (Å²) in [6.45, 7) is 8.09. The van der Waals surface area contributed by atoms with E-state index >= 15 is 0 Å². The molecule has 0 aliphatic rings. The minimum Gasteiger partial charge on any atom is -0.347 e. The average molecular weight is 298 g/mol. The second-order valence-electron chi connectivity index (χ2n) is 5.02. The molecule has 0 unspecified atom stereocenters. The third kappa shape index (κ3) is 3.84. The van der Waals surface area contributed by atoms with Crippen molar-refractivity contribution in [3.8, 4) is 0 Å². The Labute approximate surface area is 112 Å². The SMILES string of the molecule is Cc1cccc(C(=O)NC(C)(C)CCBr)c1C. The van der Waals surface area contributed by atoms with E-state index in [4.69, 9.17) is 0 Å². The van der Waals surface area contributed by atoms with Crippen LogP contribution in [0.25, 0.3) is 0 Å². The van der Waals surface area contributed by atoms with Crippen molar-refractivity contribution in [2.24, 2.45) is 0 Å². The van der Waals surface area contributed by atoms with Crippen molar-refractivity contribution in [2.75, 3.05) is 5.33 Å². The van der Waals surface area contributed by atoms with Gasteiger partial charge in [-0.1, -0.05) is 28.1 Å². The number of aryl methyl sites for hydroxylation is 1. The van der Waals surface area contributed by atoms with Gasteiger partial charge in [0.2, 0.25) is 0 Å². The lowest BCUT2D eigenvalue weighted by Gasteiger charge is -2.26. The third-order valence-corrected chi connectivity index (χ3v) is 3.42. The summed E-state index contributed by atoms with van der Waals surface area (Å²) in [6, 6.07) is 5.83. The standard InChI is InChI=1S/C14H20BrNO/c1-10-6-5-7-12(11(10)2)13(17)16-14(3,4)8-9-15/h5-7H,8-9H2,1-4H3,(H,16,17). The van der Waals surface area contributed by atoms with Crippen LogP contribution in [-0.4, -0.2) is 16.8 Å². The highest BCUT2D eigenvalue weighted by molar-refractivity contribution is 9.09. The smallest absolute Gasteiger partial charge is 0.251 e. The largest absolute Gasteiger partial charge is 0.347 e. The summed E-state index contributed by atoms with van der Waals surface area (Å²) < 4.78 is 0. The number of hydrogen-bond donors (Lipinski definition) is 1. The van der Waals surface area contributed by atoms with Gasteiger partial charge in [0.25, 0.3) is 5.91 Å². The van der Waals surface area contributed by atoms with Crippen LogP contribution in [0.15, 0.2) is 18.2 Å². The minimum atomic E-state index is -0.184. The van der Waals surface area contributed by atoms with Gasteiger partial charge in [0, 0.05) is 16.4 Å². The Hall–Kier alpha value is -0.830. The topological polar surface area (TPSA) is 29.1 Å². The van der Waals surface area contributed by atoms with Crippen LogP contribution < -0.4 is 5.32 Å². The average Bonchev–Trinajstić information content (AvgIpc) is 2.21. The van der Waals surface area contributed by atoms with Crippen LogP contribution >= 0.6 is 15.9 Å². The molecule has 0 aliphatic heterocycles. The first kappa shape index (κ1) is 14.2. The second kappa shape index (κ2) is 5.67. The molecule has 0 aromatic heterocycles. The Bertz CT molecular complexity index is 413. The number of hydrogen-bond acceptors (Lipinski definition) is 1. The lowest BCUT2D eigenvalue weighted by molar-refractivity contribution is 0.0911. The van der Waals surface area contributed by atoms with E-state index in [1.165, 1.54) is 0 Å². The Kier molecular flexibility index (Phi) is 4.75. The maximum atomic E-state index is 12.2. The molecular formula is C14H20BrNO. The first-order valence-corrected chi connectivity index (χ1v) is 6.94. The van der Waals surface area contributed by atoms with Crippen molar-refractivity contribution in [3.05, 3.63) is 34.9 Å². The van der Waals surface area contributed by atoms with E-state index in [9.17, 15) is 4.79 Å². The van der Waals surface area contributed by atoms with Gasteiger partial charge in [-0.2, -0.15) is 0 Å². The molecule has 0 fully saturated rings. The summed E-state index contributed by atoms with van der Waals surface area (Å²) >= 11 is 3.41. The summed E-state index contributed by atoms with van der Waals surface area (Å²) in [7, 11) is 0. The highest BCUT2D eigenvalue weighted by Gasteiger charge is 2.21. The molecule has 2 nitrogen and oxygen atoms in total. The number of rotatable bonds is 4. The van der Waals surface area contributed by atoms with E-state index in [0.717, 1.165) is 28.4 Å². The lowest BCUT2D eigenvalue weighted by Crippen LogP contribution is -2.43. The van der Waals surface area contributed by atoms with Gasteiger partial charge in [-0.05, 0) is 51.3 Å². The van der Waals surface area contributed by atoms with Gasteiger partial charge >= 0.3 is 0 Å². The number of carbonyl (C=O) groups is 1. The summed E-state index contributed by atoms with van der Waals surface area (Å²) in [5.74, 6) is 0.0113. The second-order valence-corrected chi connectivity index (χ2v) is 5.82. The van der Waals surface area contributed by atoms with Gasteiger partial charge < -0.3 is 5.32 Å². The van der Waals surface area contributed by atoms with E-state index in [1.807, 2.05) is 45.9 Å². The van der Waals surface area contributed by atoms with Crippen molar-refractivity contribution in [3.63, 3.8) is 0 Å². The third-order valence-electron chi connectivity index (χ3n) is 3.02. The number of halogens is 1. The van der Waals surface area contributed by atoms with Crippen LogP contribution in [0.3, 0.4) is 0 Å². The normalized spacial score (nSPS) is 11.4. The fourth-order valence-electron chi connectivity index (χ4n) is 1.67. The maximum Gasteiger partial charge on any atom is 0.251 e. The Morgan fingerprint density at radius 3 is 2.59 bits per heavy atom. The number of carbonyl (C=O) groups excluding carboxylic acids is 1. The number of amides is 1. The Balaban J connectivity index is 2.87. The van der Waals surface area contributed by atoms with Crippen LogP contribution in [0.4, 0.5) is 0 Å². The summed E-state index contributed by atoms with van der Waals surface area (Å²) in [5.41, 5.74) is 2.79. The number of benzene rings is 1. The molecule has 3 heteroatoms. The first-order chi connectivity index (χ1) is 7.87. The predicted molar refractivity (Wildman–Crippen MR) is 75.9 cm³/mol. The maximum absolute atomic E-state index is 12.2. The molecule has 17 heavy (non-hydrogen) atoms. The molecular weight excluding hydrogens is 278 g/mol. The first-order valence-electron chi connectivity index (χ1n) is 5.82. The van der Waals surface area contributed by atoms with Crippen molar-refractivity contribution in [1.82, 2.24) is 5.32 Å². The van der Waals surface area contributed by atoms with E-state index in [0.29, 0.717) is 0 Å². The van der Waals surface area contributed by atoms with Crippen molar-refractivity contribution in [1.29, 1.82) is 0 Å². The van der Waals surface area contributed by atoms with E-state index < -0.39 is 0 Å². The quantitative estimate of drug-likeness (QED) is 0.846. The van der Waals surface area contributed by atoms with Crippen molar-refractivity contribution in [2.45, 2.75) is 39.7 Å². The summed E-state index contributed by atoms with van der Waals surface area (Å²) in [5, 5.41) is 3.95. The Morgan fingerprint density at radius 1 is 1.35 bits per heavy atom. The fourth-order valence-corrected chi connectivity index (χ4v) is 2.66. The zero-order chi connectivity index (χ0) is 13.1. The zero-order valence-electron chi connectivity index (χ0n) is 10.9. The molecule has 0 saturated carbocycles. The van der Waals surface area contributed by atoms with Gasteiger partial charge in [0.15, 0.2) is 0 Å². The molecule has 0 heterocycles. The van der Waals surface area contributed by atoms with Crippen LogP contribution in [-0.2, 0) is 0 Å². The molecule has 0 spiro atoms. The monoisotopic (exact) mass is 297 g/mol. The van der Waals surface area contributed by atoms with Crippen LogP contribution in [0.5, 0.6) is 0 Å². The molecule has 1 amide bonds. The van der Waals surface area contributed by atoms with E-state index in [2.05, 4.69) is 21.2 Å². The van der Waals surface area contributed by atoms with Crippen LogP contribution in [0, 0.1) is 13.8 Å². The fraction of sp³-hybridized carbons (Fsp3) is 0.500. The van der Waals surface area contributed by atoms with Gasteiger partial charge in [-0.3, -0.25) is 4.79 Å². The molecule has 0 aliphatic carbocycles. The molecule has 94 valence electrons. The molecule has 1 aromatic rings. The van der Waals surface area contributed by atoms with Crippen molar-refractivity contribution < 1.29 is 4.79 Å². The summed E-state index contributed by atoms with van der Waals surface area (Å²) in [6.07, 6.45) is 0.906. The van der Waals surface area contributed by atoms with Gasteiger partial charge in [-0.15, -0.1) is 0 Å². The lowest BCUT2D eigenvalue weighted by atomic mass is 9.99. The van der Waals surface area contributed by atoms with E-state index in [-0.39, 0.29) is 11.4 Å². The summed E-state index contributed by atoms with van der Waals surface area (Å²) in [4.78, 5) is 12.2. The molecule has 0 radical (unpaired) electrons. The van der Waals surface area contributed by atoms with Gasteiger partial charge in [0.05, 0.1) is 0 Å². The number of alkyl halides is 1. The molecule has 1 aromatic carbocycles. The number of nitrogens with one attached hydrogen (secondary N) is 1. The molecule has 0 saturated heterocycles. The molecule has 1 N–H and O–H groups in total. The molecule has 0 atom stereocenters. The zero-order valence-corrected chi connectivity index (χ0v) is 12.5. The van der Waals surface area contributed by atoms with Gasteiger partial charge in [-0.25, -0.2) is 0 Å². The Morgan fingerprint density at radius 2 is 2.00 bits per heavy atom. The predicted octanol–water partition coefficient (Wildman–Crippen LogP) is 3.60. The van der Waals surface area contributed by atoms with Crippen LogP contribution in [0.1, 0.15) is 41.8 Å². The van der Waals surface area contributed by atoms with Gasteiger partial charge in [0.1, 0.15) is 0 Å². The molecule has 1 rings (SSSR count). The van der Waals surface area contributed by atoms with E-state index in [1.54, 1.807) is 0 Å². The van der Waals surface area contributed by atoms with Crippen LogP contribution in [0.2, 0.25) is 0 Å². The highest BCUT2D eigenvalue weighted by Crippen LogP contribution is 2.16. The molecule has 0 bridgehead atoms. The highest BCUT2D eigenvalue weighted by atomic mass is 79.9. The minimum absolute atomic E-state index is 0.0113. The van der Waals surface area contributed by atoms with Crippen molar-refractivity contribution >= 4 is 21.8 Å².